The van der Waals surface area contributed by atoms with Crippen molar-refractivity contribution in [3.63, 3.8) is 0 Å². The molecule has 0 aliphatic heterocycles. The molecule has 0 fully saturated rings. The quantitative estimate of drug-likeness (QED) is 0.812. The van der Waals surface area contributed by atoms with Crippen molar-refractivity contribution in [2.24, 2.45) is 5.73 Å². The second kappa shape index (κ2) is 6.86. The van der Waals surface area contributed by atoms with Crippen LogP contribution in [0, 0.1) is 0 Å². The van der Waals surface area contributed by atoms with Crippen molar-refractivity contribution in [3.05, 3.63) is 42.2 Å². The number of esters is 1. The molecule has 116 valence electrons. The van der Waals surface area contributed by atoms with Crippen molar-refractivity contribution in [1.29, 1.82) is 0 Å². The Kier molecular flexibility index (Phi) is 4.90. The standard InChI is InChI=1S/C15H18N4O3/c1-3-22-15(21)12-8-9-19(18-12)13-7-5-4-6-11(13)17-14(20)10(2)16/h4-10H,3,16H2,1-2H3,(H,17,20)/t10-/m0/s1. The van der Waals surface area contributed by atoms with Gasteiger partial charge in [-0.05, 0) is 32.0 Å². The number of aromatic nitrogens is 2. The molecular formula is C15H18N4O3. The van der Waals surface area contributed by atoms with Gasteiger partial charge in [-0.2, -0.15) is 5.10 Å². The number of hydrogen-bond acceptors (Lipinski definition) is 5. The first-order valence-electron chi connectivity index (χ1n) is 6.91. The highest BCUT2D eigenvalue weighted by Gasteiger charge is 2.14. The number of rotatable bonds is 5. The van der Waals surface area contributed by atoms with Gasteiger partial charge in [-0.3, -0.25) is 4.79 Å². The Morgan fingerprint density at radius 2 is 2.09 bits per heavy atom. The molecule has 0 unspecified atom stereocenters. The van der Waals surface area contributed by atoms with Gasteiger partial charge >= 0.3 is 5.97 Å². The first-order chi connectivity index (χ1) is 10.5. The minimum atomic E-state index is -0.624. The maximum absolute atomic E-state index is 11.8. The molecule has 0 bridgehead atoms. The van der Waals surface area contributed by atoms with Crippen molar-refractivity contribution < 1.29 is 14.3 Å². The molecule has 1 heterocycles. The number of hydrogen-bond donors (Lipinski definition) is 2. The zero-order chi connectivity index (χ0) is 16.1. The van der Waals surface area contributed by atoms with Crippen LogP contribution in [-0.4, -0.2) is 34.3 Å². The highest BCUT2D eigenvalue weighted by atomic mass is 16.5. The highest BCUT2D eigenvalue weighted by Crippen LogP contribution is 2.19. The summed E-state index contributed by atoms with van der Waals surface area (Å²) >= 11 is 0. The number of nitrogens with two attached hydrogens (primary N) is 1. The molecule has 7 heteroatoms. The maximum Gasteiger partial charge on any atom is 0.358 e. The van der Waals surface area contributed by atoms with Crippen LogP contribution in [0.2, 0.25) is 0 Å². The number of amides is 1. The van der Waals surface area contributed by atoms with Crippen LogP contribution in [0.4, 0.5) is 5.69 Å². The summed E-state index contributed by atoms with van der Waals surface area (Å²) in [6.07, 6.45) is 1.63. The monoisotopic (exact) mass is 302 g/mol. The summed E-state index contributed by atoms with van der Waals surface area (Å²) in [6.45, 7) is 3.62. The van der Waals surface area contributed by atoms with Crippen molar-refractivity contribution in [3.8, 4) is 5.69 Å². The van der Waals surface area contributed by atoms with Crippen LogP contribution >= 0.6 is 0 Å². The fourth-order valence-electron chi connectivity index (χ4n) is 1.80. The number of para-hydroxylation sites is 2. The Balaban J connectivity index is 2.29. The smallest absolute Gasteiger partial charge is 0.358 e. The van der Waals surface area contributed by atoms with E-state index in [9.17, 15) is 9.59 Å². The molecule has 1 amide bonds. The molecule has 0 saturated heterocycles. The van der Waals surface area contributed by atoms with Crippen LogP contribution in [0.25, 0.3) is 5.69 Å². The topological polar surface area (TPSA) is 99.2 Å². The Morgan fingerprint density at radius 1 is 1.36 bits per heavy atom. The lowest BCUT2D eigenvalue weighted by Gasteiger charge is -2.12. The van der Waals surface area contributed by atoms with Crippen molar-refractivity contribution in [2.45, 2.75) is 19.9 Å². The third-order valence-electron chi connectivity index (χ3n) is 2.90. The molecule has 0 aliphatic carbocycles. The van der Waals surface area contributed by atoms with E-state index in [-0.39, 0.29) is 18.2 Å². The lowest BCUT2D eigenvalue weighted by atomic mass is 10.2. The summed E-state index contributed by atoms with van der Waals surface area (Å²) in [5, 5.41) is 6.90. The SMILES string of the molecule is CCOC(=O)c1ccn(-c2ccccc2NC(=O)[C@H](C)N)n1. The number of benzene rings is 1. The molecule has 1 aromatic heterocycles. The van der Waals surface area contributed by atoms with Gasteiger partial charge in [0.05, 0.1) is 24.0 Å². The van der Waals surface area contributed by atoms with E-state index in [2.05, 4.69) is 10.4 Å². The molecule has 1 aromatic carbocycles. The van der Waals surface area contributed by atoms with E-state index < -0.39 is 12.0 Å². The van der Waals surface area contributed by atoms with Crippen LogP contribution in [0.3, 0.4) is 0 Å². The van der Waals surface area contributed by atoms with E-state index in [1.54, 1.807) is 44.3 Å². The number of carbonyl (C=O) groups is 2. The van der Waals surface area contributed by atoms with Crippen molar-refractivity contribution in [1.82, 2.24) is 9.78 Å². The van der Waals surface area contributed by atoms with E-state index in [4.69, 9.17) is 10.5 Å². The number of anilines is 1. The Morgan fingerprint density at radius 3 is 2.77 bits per heavy atom. The van der Waals surface area contributed by atoms with E-state index in [0.717, 1.165) is 0 Å². The number of nitrogens with one attached hydrogen (secondary N) is 1. The summed E-state index contributed by atoms with van der Waals surface area (Å²) in [4.78, 5) is 23.4. The van der Waals surface area contributed by atoms with Gasteiger partial charge in [0, 0.05) is 6.20 Å². The van der Waals surface area contributed by atoms with Gasteiger partial charge in [-0.15, -0.1) is 0 Å². The number of carbonyl (C=O) groups excluding carboxylic acids is 2. The average molecular weight is 302 g/mol. The van der Waals surface area contributed by atoms with Crippen molar-refractivity contribution in [2.75, 3.05) is 11.9 Å². The van der Waals surface area contributed by atoms with Crippen LogP contribution in [0.1, 0.15) is 24.3 Å². The molecule has 2 rings (SSSR count). The predicted octanol–water partition coefficient (Wildman–Crippen LogP) is 1.33. The van der Waals surface area contributed by atoms with Crippen LogP contribution < -0.4 is 11.1 Å². The molecule has 1 atom stereocenters. The number of ether oxygens (including phenoxy) is 1. The fraction of sp³-hybridized carbons (Fsp3) is 0.267. The molecule has 0 spiro atoms. The third kappa shape index (κ3) is 3.50. The molecular weight excluding hydrogens is 284 g/mol. The molecule has 0 saturated carbocycles. The Labute approximate surface area is 128 Å². The summed E-state index contributed by atoms with van der Waals surface area (Å²) in [6, 6.07) is 8.04. The highest BCUT2D eigenvalue weighted by molar-refractivity contribution is 5.96. The second-order valence-corrected chi connectivity index (χ2v) is 4.66. The molecule has 22 heavy (non-hydrogen) atoms. The summed E-state index contributed by atoms with van der Waals surface area (Å²) in [5.41, 5.74) is 6.95. The second-order valence-electron chi connectivity index (χ2n) is 4.66. The van der Waals surface area contributed by atoms with Gasteiger partial charge in [-0.1, -0.05) is 12.1 Å². The molecule has 7 nitrogen and oxygen atoms in total. The van der Waals surface area contributed by atoms with E-state index in [1.165, 1.54) is 4.68 Å². The van der Waals surface area contributed by atoms with Gasteiger partial charge in [0.1, 0.15) is 0 Å². The van der Waals surface area contributed by atoms with E-state index in [1.807, 2.05) is 6.07 Å². The van der Waals surface area contributed by atoms with Gasteiger partial charge in [-0.25, -0.2) is 9.48 Å². The lowest BCUT2D eigenvalue weighted by molar-refractivity contribution is -0.117. The summed E-state index contributed by atoms with van der Waals surface area (Å²) in [7, 11) is 0. The summed E-state index contributed by atoms with van der Waals surface area (Å²) in [5.74, 6) is -0.788. The van der Waals surface area contributed by atoms with E-state index >= 15 is 0 Å². The average Bonchev–Trinajstić information content (AvgIpc) is 2.97. The largest absolute Gasteiger partial charge is 0.461 e. The zero-order valence-corrected chi connectivity index (χ0v) is 12.4. The molecule has 2 aromatic rings. The minimum absolute atomic E-state index is 0.204. The minimum Gasteiger partial charge on any atom is -0.461 e. The lowest BCUT2D eigenvalue weighted by Crippen LogP contribution is -2.32. The Hall–Kier alpha value is -2.67. The van der Waals surface area contributed by atoms with Crippen LogP contribution in [-0.2, 0) is 9.53 Å². The summed E-state index contributed by atoms with van der Waals surface area (Å²) < 4.78 is 6.41. The molecule has 3 N–H and O–H groups in total. The first kappa shape index (κ1) is 15.7. The third-order valence-corrected chi connectivity index (χ3v) is 2.90. The zero-order valence-electron chi connectivity index (χ0n) is 12.4. The van der Waals surface area contributed by atoms with E-state index in [0.29, 0.717) is 11.4 Å². The number of nitrogens with zero attached hydrogens (tertiary/aromatic N) is 2. The molecule has 0 radical (unpaired) electrons. The first-order valence-corrected chi connectivity index (χ1v) is 6.91. The van der Waals surface area contributed by atoms with Crippen LogP contribution in [0.15, 0.2) is 36.5 Å². The van der Waals surface area contributed by atoms with Crippen molar-refractivity contribution >= 4 is 17.6 Å². The fourth-order valence-corrected chi connectivity index (χ4v) is 1.80. The normalized spacial score (nSPS) is 11.8. The maximum atomic E-state index is 11.8. The van der Waals surface area contributed by atoms with Gasteiger partial charge in [0.2, 0.25) is 5.91 Å². The van der Waals surface area contributed by atoms with Crippen LogP contribution in [0.5, 0.6) is 0 Å². The van der Waals surface area contributed by atoms with Gasteiger partial charge < -0.3 is 15.8 Å². The van der Waals surface area contributed by atoms with Gasteiger partial charge in [0.25, 0.3) is 0 Å². The van der Waals surface area contributed by atoms with Gasteiger partial charge in [0.15, 0.2) is 5.69 Å². The Bertz CT molecular complexity index is 679. The molecule has 0 aliphatic rings. The predicted molar refractivity (Wildman–Crippen MR) is 81.8 cm³/mol.